The number of nitrogen functional groups attached to an aromatic ring is 1. The molecular formula is C8H12N2O2. The molecule has 0 unspecified atom stereocenters. The predicted molar refractivity (Wildman–Crippen MR) is 47.0 cm³/mol. The van der Waals surface area contributed by atoms with E-state index in [1.807, 2.05) is 13.8 Å². The van der Waals surface area contributed by atoms with E-state index >= 15 is 0 Å². The third kappa shape index (κ3) is 2.57. The van der Waals surface area contributed by atoms with E-state index in [1.165, 1.54) is 18.5 Å². The average Bonchev–Trinajstić information content (AvgIpc) is 2.08. The van der Waals surface area contributed by atoms with Gasteiger partial charge < -0.3 is 10.8 Å². The van der Waals surface area contributed by atoms with Crippen molar-refractivity contribution in [1.82, 2.24) is 4.98 Å². The summed E-state index contributed by atoms with van der Waals surface area (Å²) in [5.41, 5.74) is 5.58. The summed E-state index contributed by atoms with van der Waals surface area (Å²) >= 11 is 0. The summed E-state index contributed by atoms with van der Waals surface area (Å²) in [4.78, 5) is 13.9. The maximum atomic E-state index is 10.3. The fourth-order valence-corrected chi connectivity index (χ4v) is 0.584. The average molecular weight is 168 g/mol. The molecule has 0 saturated heterocycles. The minimum atomic E-state index is -1.05. The molecule has 4 heteroatoms. The first-order valence-corrected chi connectivity index (χ1v) is 3.64. The molecule has 0 saturated carbocycles. The van der Waals surface area contributed by atoms with Crippen LogP contribution >= 0.6 is 0 Å². The predicted octanol–water partition coefficient (Wildman–Crippen LogP) is 1.39. The van der Waals surface area contributed by atoms with Crippen LogP contribution in [0.25, 0.3) is 0 Å². The highest BCUT2D eigenvalue weighted by Crippen LogP contribution is 2.06. The van der Waals surface area contributed by atoms with Crippen molar-refractivity contribution in [3.63, 3.8) is 0 Å². The van der Waals surface area contributed by atoms with Crippen LogP contribution in [0.3, 0.4) is 0 Å². The Balaban J connectivity index is 0.000000561. The molecule has 0 fully saturated rings. The zero-order valence-corrected chi connectivity index (χ0v) is 7.11. The van der Waals surface area contributed by atoms with Gasteiger partial charge in [0, 0.05) is 18.1 Å². The second kappa shape index (κ2) is 5.12. The highest BCUT2D eigenvalue weighted by molar-refractivity contribution is 5.92. The number of carbonyl (C=O) groups is 1. The molecule has 0 spiro atoms. The fourth-order valence-electron chi connectivity index (χ4n) is 0.584. The van der Waals surface area contributed by atoms with Crippen LogP contribution in [0.15, 0.2) is 18.5 Å². The first-order valence-electron chi connectivity index (χ1n) is 3.64. The lowest BCUT2D eigenvalue weighted by atomic mass is 10.2. The van der Waals surface area contributed by atoms with Gasteiger partial charge in [0.25, 0.3) is 0 Å². The van der Waals surface area contributed by atoms with Gasteiger partial charge >= 0.3 is 5.97 Å². The quantitative estimate of drug-likeness (QED) is 0.664. The Hall–Kier alpha value is -1.58. The molecule has 0 amide bonds. The van der Waals surface area contributed by atoms with Gasteiger partial charge in [-0.05, 0) is 6.07 Å². The van der Waals surface area contributed by atoms with Gasteiger partial charge in [-0.15, -0.1) is 0 Å². The molecule has 0 aliphatic rings. The number of nitrogens with zero attached hydrogens (tertiary/aromatic N) is 1. The minimum Gasteiger partial charge on any atom is -0.478 e. The van der Waals surface area contributed by atoms with Crippen molar-refractivity contribution in [2.75, 3.05) is 5.73 Å². The molecule has 3 N–H and O–H groups in total. The summed E-state index contributed by atoms with van der Waals surface area (Å²) in [5.74, 6) is -1.05. The number of hydrogen-bond acceptors (Lipinski definition) is 3. The molecule has 0 aliphatic heterocycles. The van der Waals surface area contributed by atoms with Gasteiger partial charge in [-0.1, -0.05) is 13.8 Å². The Kier molecular flexibility index (Phi) is 4.45. The summed E-state index contributed by atoms with van der Waals surface area (Å²) in [7, 11) is 0. The van der Waals surface area contributed by atoms with E-state index in [0.29, 0.717) is 0 Å². The Labute approximate surface area is 71.0 Å². The lowest BCUT2D eigenvalue weighted by Crippen LogP contribution is -2.01. The van der Waals surface area contributed by atoms with Crippen LogP contribution in [0.4, 0.5) is 5.69 Å². The number of nitrogens with two attached hydrogens (primary N) is 1. The molecule has 0 atom stereocenters. The third-order valence-electron chi connectivity index (χ3n) is 1.09. The highest BCUT2D eigenvalue weighted by atomic mass is 16.4. The van der Waals surface area contributed by atoms with Crippen molar-refractivity contribution in [2.24, 2.45) is 0 Å². The van der Waals surface area contributed by atoms with E-state index in [1.54, 1.807) is 0 Å². The van der Waals surface area contributed by atoms with E-state index in [9.17, 15) is 4.79 Å². The van der Waals surface area contributed by atoms with Crippen LogP contribution in [0.5, 0.6) is 0 Å². The minimum absolute atomic E-state index is 0.0440. The second-order valence-electron chi connectivity index (χ2n) is 1.77. The fraction of sp³-hybridized carbons (Fsp3) is 0.250. The molecule has 0 radical (unpaired) electrons. The molecule has 1 aromatic rings. The highest BCUT2D eigenvalue weighted by Gasteiger charge is 2.04. The molecule has 66 valence electrons. The summed E-state index contributed by atoms with van der Waals surface area (Å²) in [6.07, 6.45) is 2.67. The SMILES string of the molecule is CC.Nc1ccncc1C(=O)O. The molecule has 0 aromatic carbocycles. The van der Waals surface area contributed by atoms with Gasteiger partial charge in [0.15, 0.2) is 0 Å². The van der Waals surface area contributed by atoms with E-state index in [-0.39, 0.29) is 11.3 Å². The number of pyridine rings is 1. The van der Waals surface area contributed by atoms with Gasteiger partial charge in [-0.3, -0.25) is 4.98 Å². The monoisotopic (exact) mass is 168 g/mol. The van der Waals surface area contributed by atoms with Gasteiger partial charge in [0.05, 0.1) is 0 Å². The molecule has 12 heavy (non-hydrogen) atoms. The Morgan fingerprint density at radius 1 is 1.58 bits per heavy atom. The topological polar surface area (TPSA) is 76.2 Å². The Morgan fingerprint density at radius 3 is 2.50 bits per heavy atom. The van der Waals surface area contributed by atoms with Crippen molar-refractivity contribution >= 4 is 11.7 Å². The Bertz CT molecular complexity index is 261. The first-order chi connectivity index (χ1) is 5.72. The zero-order chi connectivity index (χ0) is 9.56. The number of rotatable bonds is 1. The molecule has 1 heterocycles. The normalized spacial score (nSPS) is 8.17. The van der Waals surface area contributed by atoms with Crippen LogP contribution in [0.1, 0.15) is 24.2 Å². The number of aromatic carboxylic acids is 1. The number of anilines is 1. The van der Waals surface area contributed by atoms with Crippen LogP contribution in [-0.4, -0.2) is 16.1 Å². The third-order valence-corrected chi connectivity index (χ3v) is 1.09. The number of aromatic nitrogens is 1. The number of carboxylic acids is 1. The molecule has 0 aliphatic carbocycles. The van der Waals surface area contributed by atoms with Crippen molar-refractivity contribution in [3.8, 4) is 0 Å². The number of hydrogen-bond donors (Lipinski definition) is 2. The molecule has 1 aromatic heterocycles. The van der Waals surface area contributed by atoms with Crippen molar-refractivity contribution in [2.45, 2.75) is 13.8 Å². The number of carboxylic acid groups (broad SMARTS) is 1. The summed E-state index contributed by atoms with van der Waals surface area (Å²) in [6.45, 7) is 4.00. The van der Waals surface area contributed by atoms with Crippen molar-refractivity contribution < 1.29 is 9.90 Å². The second-order valence-corrected chi connectivity index (χ2v) is 1.77. The van der Waals surface area contributed by atoms with Crippen molar-refractivity contribution in [1.29, 1.82) is 0 Å². The molecular weight excluding hydrogens is 156 g/mol. The lowest BCUT2D eigenvalue weighted by molar-refractivity contribution is 0.0697. The molecule has 0 bridgehead atoms. The van der Waals surface area contributed by atoms with Gasteiger partial charge in [-0.2, -0.15) is 0 Å². The molecule has 1 rings (SSSR count). The van der Waals surface area contributed by atoms with Crippen LogP contribution in [0.2, 0.25) is 0 Å². The summed E-state index contributed by atoms with van der Waals surface area (Å²) in [5, 5.41) is 8.45. The Morgan fingerprint density at radius 2 is 2.17 bits per heavy atom. The largest absolute Gasteiger partial charge is 0.478 e. The van der Waals surface area contributed by atoms with Crippen LogP contribution < -0.4 is 5.73 Å². The van der Waals surface area contributed by atoms with E-state index in [0.717, 1.165) is 0 Å². The van der Waals surface area contributed by atoms with Crippen molar-refractivity contribution in [3.05, 3.63) is 24.0 Å². The van der Waals surface area contributed by atoms with E-state index in [2.05, 4.69) is 4.98 Å². The van der Waals surface area contributed by atoms with Gasteiger partial charge in [0.2, 0.25) is 0 Å². The van der Waals surface area contributed by atoms with E-state index in [4.69, 9.17) is 10.8 Å². The maximum Gasteiger partial charge on any atom is 0.339 e. The van der Waals surface area contributed by atoms with Gasteiger partial charge in [0.1, 0.15) is 5.56 Å². The maximum absolute atomic E-state index is 10.3. The summed E-state index contributed by atoms with van der Waals surface area (Å²) in [6, 6.07) is 1.45. The lowest BCUT2D eigenvalue weighted by Gasteiger charge is -1.95. The van der Waals surface area contributed by atoms with Gasteiger partial charge in [-0.25, -0.2) is 4.79 Å². The van der Waals surface area contributed by atoms with E-state index < -0.39 is 5.97 Å². The first kappa shape index (κ1) is 10.4. The van der Waals surface area contributed by atoms with Crippen LogP contribution in [0, 0.1) is 0 Å². The summed E-state index contributed by atoms with van der Waals surface area (Å²) < 4.78 is 0. The zero-order valence-electron chi connectivity index (χ0n) is 7.11. The smallest absolute Gasteiger partial charge is 0.339 e. The van der Waals surface area contributed by atoms with Crippen LogP contribution in [-0.2, 0) is 0 Å². The standard InChI is InChI=1S/C6H6N2O2.C2H6/c7-5-1-2-8-3-4(5)6(9)10;1-2/h1-3H,(H2,7,8)(H,9,10);1-2H3. The molecule has 4 nitrogen and oxygen atoms in total.